The Bertz CT molecular complexity index is 1020. The molecule has 12 heteroatoms. The normalized spacial score (nSPS) is 15.3. The molecule has 0 amide bonds. The summed E-state index contributed by atoms with van der Waals surface area (Å²) >= 11 is 1.49. The van der Waals surface area contributed by atoms with Gasteiger partial charge >= 0.3 is 12.3 Å². The smallest absolute Gasteiger partial charge is 0.433 e. The van der Waals surface area contributed by atoms with Gasteiger partial charge in [-0.3, -0.25) is 10.1 Å². The monoisotopic (exact) mass is 477 g/mol. The molecular formula is C21H23N3O8S. The van der Waals surface area contributed by atoms with Gasteiger partial charge in [-0.1, -0.05) is 12.1 Å². The molecule has 1 N–H and O–H groups in total. The molecule has 0 aromatic heterocycles. The van der Waals surface area contributed by atoms with Gasteiger partial charge in [0, 0.05) is 17.9 Å². The number of ether oxygens (including phenoxy) is 4. The number of carbonyl (C=O) groups excluding carboxylic acids is 2. The Hall–Kier alpha value is -3.72. The van der Waals surface area contributed by atoms with E-state index in [0.29, 0.717) is 22.7 Å². The fourth-order valence-electron chi connectivity index (χ4n) is 2.97. The minimum Gasteiger partial charge on any atom is -0.433 e. The quantitative estimate of drug-likeness (QED) is 0.234. The van der Waals surface area contributed by atoms with Crippen LogP contribution >= 0.6 is 11.8 Å². The number of nitrogens with zero attached hydrogens (tertiary/aromatic N) is 2. The topological polar surface area (TPSA) is 150 Å². The van der Waals surface area contributed by atoms with Gasteiger partial charge in [-0.2, -0.15) is 17.0 Å². The van der Waals surface area contributed by atoms with E-state index < -0.39 is 23.2 Å². The summed E-state index contributed by atoms with van der Waals surface area (Å²) in [4.78, 5) is 35.2. The minimum absolute atomic E-state index is 0.0189. The number of hydrogen-bond acceptors (Lipinski definition) is 11. The van der Waals surface area contributed by atoms with Crippen molar-refractivity contribution < 1.29 is 33.5 Å². The Balaban J connectivity index is 2.42. The number of thioether (sulfide) groups is 1. The molecule has 1 aliphatic rings. The van der Waals surface area contributed by atoms with Gasteiger partial charge in [-0.25, -0.2) is 9.59 Å². The maximum atomic E-state index is 12.3. The summed E-state index contributed by atoms with van der Waals surface area (Å²) in [6, 6.07) is 7.50. The number of hydrogen-bond donors (Lipinski definition) is 1. The van der Waals surface area contributed by atoms with Crippen LogP contribution in [0.4, 0.5) is 15.3 Å². The Morgan fingerprint density at radius 2 is 1.76 bits per heavy atom. The van der Waals surface area contributed by atoms with E-state index in [1.165, 1.54) is 30.0 Å². The van der Waals surface area contributed by atoms with Crippen molar-refractivity contribution in [2.45, 2.75) is 26.2 Å². The van der Waals surface area contributed by atoms with E-state index in [2.05, 4.69) is 5.32 Å². The van der Waals surface area contributed by atoms with Crippen LogP contribution in [0.3, 0.4) is 0 Å². The van der Waals surface area contributed by atoms with Crippen molar-refractivity contribution in [2.24, 2.45) is 0 Å². The number of non-ortho nitro benzene ring substituents is 1. The van der Waals surface area contributed by atoms with E-state index in [-0.39, 0.29) is 36.8 Å². The molecule has 0 spiro atoms. The molecule has 0 fully saturated rings. The molecular weight excluding hydrogens is 454 g/mol. The van der Waals surface area contributed by atoms with E-state index in [9.17, 15) is 19.7 Å². The lowest BCUT2D eigenvalue weighted by Crippen LogP contribution is -2.29. The van der Waals surface area contributed by atoms with Crippen LogP contribution < -0.4 is 5.32 Å². The van der Waals surface area contributed by atoms with Crippen molar-refractivity contribution >= 4 is 29.8 Å². The van der Waals surface area contributed by atoms with Gasteiger partial charge in [0.25, 0.3) is 5.69 Å². The van der Waals surface area contributed by atoms with Crippen LogP contribution in [0.15, 0.2) is 47.2 Å². The molecule has 1 heterocycles. The summed E-state index contributed by atoms with van der Waals surface area (Å²) in [6.45, 7) is 3.22. The van der Waals surface area contributed by atoms with Crippen LogP contribution in [0.5, 0.6) is 0 Å². The molecule has 2 rings (SSSR count). The summed E-state index contributed by atoms with van der Waals surface area (Å²) in [6.07, 6.45) is -0.198. The molecule has 1 aromatic carbocycles. The zero-order chi connectivity index (χ0) is 24.4. The highest BCUT2D eigenvalue weighted by molar-refractivity contribution is 7.98. The second kappa shape index (κ2) is 12.4. The maximum absolute atomic E-state index is 12.3. The molecule has 1 aliphatic heterocycles. The molecule has 0 bridgehead atoms. The zero-order valence-electron chi connectivity index (χ0n) is 18.3. The first kappa shape index (κ1) is 25.5. The van der Waals surface area contributed by atoms with Crippen LogP contribution in [0.25, 0.3) is 0 Å². The third kappa shape index (κ3) is 7.15. The number of rotatable bonds is 9. The maximum Gasteiger partial charge on any atom is 0.513 e. The highest BCUT2D eigenvalue weighted by atomic mass is 32.2. The van der Waals surface area contributed by atoms with Crippen molar-refractivity contribution in [3.05, 3.63) is 62.9 Å². The molecule has 0 saturated carbocycles. The lowest BCUT2D eigenvalue weighted by molar-refractivity contribution is -0.384. The SMILES string of the molecule is CSCCOC(=O)OC1=C(C)NC(C)=C(OC(=O)OCCC#N)C1c1cccc([N+](=O)[O-])c1. The van der Waals surface area contributed by atoms with E-state index in [4.69, 9.17) is 24.2 Å². The predicted octanol–water partition coefficient (Wildman–Crippen LogP) is 4.33. The van der Waals surface area contributed by atoms with Crippen LogP contribution in [-0.2, 0) is 18.9 Å². The molecule has 1 aromatic rings. The summed E-state index contributed by atoms with van der Waals surface area (Å²) < 4.78 is 20.8. The van der Waals surface area contributed by atoms with Gasteiger partial charge in [0.1, 0.15) is 30.6 Å². The highest BCUT2D eigenvalue weighted by Crippen LogP contribution is 2.40. The third-order valence-electron chi connectivity index (χ3n) is 4.38. The number of allylic oxidation sites excluding steroid dienone is 2. The number of carbonyl (C=O) groups is 2. The first-order valence-corrected chi connectivity index (χ1v) is 11.2. The number of dihydropyridines is 1. The number of nitro benzene ring substituents is 1. The van der Waals surface area contributed by atoms with Crippen LogP contribution in [-0.4, -0.2) is 42.5 Å². The zero-order valence-corrected chi connectivity index (χ0v) is 19.1. The Morgan fingerprint density at radius 1 is 1.15 bits per heavy atom. The van der Waals surface area contributed by atoms with Crippen LogP contribution in [0, 0.1) is 21.4 Å². The van der Waals surface area contributed by atoms with E-state index in [1.807, 2.05) is 12.3 Å². The lowest BCUT2D eigenvalue weighted by atomic mass is 9.90. The van der Waals surface area contributed by atoms with Gasteiger partial charge in [0.15, 0.2) is 0 Å². The van der Waals surface area contributed by atoms with Crippen molar-refractivity contribution in [1.82, 2.24) is 5.32 Å². The summed E-state index contributed by atoms with van der Waals surface area (Å²) in [5.41, 5.74) is 0.982. The first-order chi connectivity index (χ1) is 15.8. The van der Waals surface area contributed by atoms with Crippen LogP contribution in [0.1, 0.15) is 31.7 Å². The number of nitro groups is 1. The average Bonchev–Trinajstić information content (AvgIpc) is 2.77. The van der Waals surface area contributed by atoms with E-state index >= 15 is 0 Å². The van der Waals surface area contributed by atoms with Crippen molar-refractivity contribution in [3.8, 4) is 6.07 Å². The molecule has 11 nitrogen and oxygen atoms in total. The molecule has 0 saturated heterocycles. The number of benzene rings is 1. The Morgan fingerprint density at radius 3 is 2.30 bits per heavy atom. The Labute approximate surface area is 194 Å². The molecule has 0 radical (unpaired) electrons. The first-order valence-electron chi connectivity index (χ1n) is 9.76. The highest BCUT2D eigenvalue weighted by Gasteiger charge is 2.36. The molecule has 1 atom stereocenters. The van der Waals surface area contributed by atoms with Crippen molar-refractivity contribution in [3.63, 3.8) is 0 Å². The summed E-state index contributed by atoms with van der Waals surface area (Å²) in [5.74, 6) is -0.338. The second-order valence-electron chi connectivity index (χ2n) is 6.69. The van der Waals surface area contributed by atoms with Gasteiger partial charge in [0.05, 0.1) is 28.8 Å². The number of nitriles is 1. The van der Waals surface area contributed by atoms with Crippen LogP contribution in [0.2, 0.25) is 0 Å². The summed E-state index contributed by atoms with van der Waals surface area (Å²) in [7, 11) is 0. The van der Waals surface area contributed by atoms with E-state index in [1.54, 1.807) is 19.9 Å². The predicted molar refractivity (Wildman–Crippen MR) is 118 cm³/mol. The molecule has 1 unspecified atom stereocenters. The standard InChI is InChI=1S/C21H23N3O8S/c1-13-18(31-20(25)29-9-5-8-22)17(15-6-4-7-16(12-15)24(27)28)19(14(2)23-13)32-21(26)30-10-11-33-3/h4,6-7,12,17,23H,5,9-11H2,1-3H3. The van der Waals surface area contributed by atoms with E-state index in [0.717, 1.165) is 0 Å². The Kier molecular flexibility index (Phi) is 9.56. The van der Waals surface area contributed by atoms with Crippen molar-refractivity contribution in [1.29, 1.82) is 5.26 Å². The molecule has 33 heavy (non-hydrogen) atoms. The van der Waals surface area contributed by atoms with Crippen molar-refractivity contribution in [2.75, 3.05) is 25.2 Å². The van der Waals surface area contributed by atoms with Gasteiger partial charge in [0.2, 0.25) is 0 Å². The minimum atomic E-state index is -1.07. The fraction of sp³-hybridized carbons (Fsp3) is 0.381. The largest absolute Gasteiger partial charge is 0.513 e. The molecule has 176 valence electrons. The van der Waals surface area contributed by atoms with Gasteiger partial charge < -0.3 is 24.3 Å². The fourth-order valence-corrected chi connectivity index (χ4v) is 3.22. The number of nitrogens with one attached hydrogen (secondary N) is 1. The third-order valence-corrected chi connectivity index (χ3v) is 4.96. The summed E-state index contributed by atoms with van der Waals surface area (Å²) in [5, 5.41) is 22.9. The molecule has 0 aliphatic carbocycles. The van der Waals surface area contributed by atoms with Gasteiger partial charge in [-0.05, 0) is 25.7 Å². The lowest BCUT2D eigenvalue weighted by Gasteiger charge is -2.30. The second-order valence-corrected chi connectivity index (χ2v) is 7.68. The van der Waals surface area contributed by atoms with Gasteiger partial charge in [-0.15, -0.1) is 0 Å². The average molecular weight is 477 g/mol.